The third kappa shape index (κ3) is 2.07. The number of nitrogens with one attached hydrogen (secondary N) is 1. The summed E-state index contributed by atoms with van der Waals surface area (Å²) in [5, 5.41) is 3.77. The summed E-state index contributed by atoms with van der Waals surface area (Å²) >= 11 is 0. The Balaban J connectivity index is 2.25. The molecule has 1 rings (SSSR count). The second-order valence-corrected chi connectivity index (χ2v) is 2.56. The maximum absolute atomic E-state index is 10.2. The van der Waals surface area contributed by atoms with Crippen LogP contribution in [0.2, 0.25) is 0 Å². The van der Waals surface area contributed by atoms with E-state index < -0.39 is 6.03 Å². The lowest BCUT2D eigenvalue weighted by atomic mass is 9.83. The summed E-state index contributed by atoms with van der Waals surface area (Å²) < 4.78 is 0. The van der Waals surface area contributed by atoms with Crippen molar-refractivity contribution in [3.05, 3.63) is 12.7 Å². The van der Waals surface area contributed by atoms with Gasteiger partial charge in [0.2, 0.25) is 0 Å². The van der Waals surface area contributed by atoms with Crippen molar-refractivity contribution in [2.75, 3.05) is 0 Å². The average Bonchev–Trinajstić information content (AvgIpc) is 1.84. The fourth-order valence-electron chi connectivity index (χ4n) is 0.938. The van der Waals surface area contributed by atoms with Gasteiger partial charge in [-0.2, -0.15) is 5.10 Å². The molecule has 0 aromatic carbocycles. The maximum atomic E-state index is 10.2. The van der Waals surface area contributed by atoms with E-state index in [0.29, 0.717) is 5.92 Å². The molecule has 0 aromatic heterocycles. The zero-order chi connectivity index (χ0) is 8.27. The van der Waals surface area contributed by atoms with Crippen molar-refractivity contribution in [3.8, 4) is 0 Å². The van der Waals surface area contributed by atoms with Crippen LogP contribution >= 0.6 is 0 Å². The standard InChI is InChI=1S/C7H11N3O/c1-2-5-3-6(4-5)9-10-7(8)11/h2,5H,1,3-4H2,(H3,8,10,11). The Hall–Kier alpha value is -1.32. The number of rotatable bonds is 2. The number of nitrogens with two attached hydrogens (primary N) is 1. The number of urea groups is 1. The predicted octanol–water partition coefficient (Wildman–Crippen LogP) is 0.607. The van der Waals surface area contributed by atoms with Crippen LogP contribution in [0.4, 0.5) is 4.79 Å². The minimum Gasteiger partial charge on any atom is -0.350 e. The molecule has 0 bridgehead atoms. The second kappa shape index (κ2) is 3.18. The first kappa shape index (κ1) is 7.78. The number of amides is 2. The normalized spacial score (nSPS) is 21.8. The van der Waals surface area contributed by atoms with Crippen LogP contribution in [0.15, 0.2) is 17.8 Å². The van der Waals surface area contributed by atoms with Crippen molar-refractivity contribution in [1.82, 2.24) is 5.43 Å². The highest BCUT2D eigenvalue weighted by Crippen LogP contribution is 2.24. The SMILES string of the molecule is C=CC1CC(=NNC(N)=O)C1. The van der Waals surface area contributed by atoms with Crippen molar-refractivity contribution in [2.45, 2.75) is 12.8 Å². The summed E-state index contributed by atoms with van der Waals surface area (Å²) in [4.78, 5) is 10.2. The first-order chi connectivity index (χ1) is 5.22. The summed E-state index contributed by atoms with van der Waals surface area (Å²) in [6.45, 7) is 3.65. The summed E-state index contributed by atoms with van der Waals surface area (Å²) in [5.74, 6) is 0.531. The van der Waals surface area contributed by atoms with Crippen molar-refractivity contribution in [1.29, 1.82) is 0 Å². The summed E-state index contributed by atoms with van der Waals surface area (Å²) in [5.41, 5.74) is 7.97. The highest BCUT2D eigenvalue weighted by atomic mass is 16.2. The van der Waals surface area contributed by atoms with Gasteiger partial charge >= 0.3 is 6.03 Å². The van der Waals surface area contributed by atoms with E-state index in [1.54, 1.807) is 0 Å². The number of hydrogen-bond donors (Lipinski definition) is 2. The van der Waals surface area contributed by atoms with E-state index in [-0.39, 0.29) is 0 Å². The Morgan fingerprint density at radius 1 is 1.82 bits per heavy atom. The number of hydrazone groups is 1. The van der Waals surface area contributed by atoms with Gasteiger partial charge in [-0.3, -0.25) is 0 Å². The lowest BCUT2D eigenvalue weighted by molar-refractivity contribution is 0.249. The Morgan fingerprint density at radius 3 is 2.91 bits per heavy atom. The van der Waals surface area contributed by atoms with E-state index >= 15 is 0 Å². The Kier molecular flexibility index (Phi) is 2.25. The molecule has 1 saturated carbocycles. The largest absolute Gasteiger partial charge is 0.350 e. The third-order valence-corrected chi connectivity index (χ3v) is 1.65. The van der Waals surface area contributed by atoms with E-state index in [1.165, 1.54) is 0 Å². The topological polar surface area (TPSA) is 67.5 Å². The minimum absolute atomic E-state index is 0.531. The van der Waals surface area contributed by atoms with Gasteiger partial charge in [0.1, 0.15) is 0 Å². The molecule has 1 aliphatic rings. The van der Waals surface area contributed by atoms with Crippen LogP contribution in [0.25, 0.3) is 0 Å². The summed E-state index contributed by atoms with van der Waals surface area (Å²) in [6.07, 6.45) is 3.68. The molecule has 11 heavy (non-hydrogen) atoms. The molecule has 4 heteroatoms. The molecule has 1 aliphatic carbocycles. The number of primary amides is 1. The van der Waals surface area contributed by atoms with Crippen molar-refractivity contribution in [2.24, 2.45) is 16.8 Å². The maximum Gasteiger partial charge on any atom is 0.332 e. The molecule has 2 amide bonds. The van der Waals surface area contributed by atoms with Gasteiger partial charge in [0.15, 0.2) is 0 Å². The van der Waals surface area contributed by atoms with E-state index in [2.05, 4.69) is 17.1 Å². The molecule has 0 spiro atoms. The summed E-state index contributed by atoms with van der Waals surface area (Å²) in [7, 11) is 0. The molecule has 0 heterocycles. The fourth-order valence-corrected chi connectivity index (χ4v) is 0.938. The first-order valence-electron chi connectivity index (χ1n) is 3.46. The van der Waals surface area contributed by atoms with Crippen LogP contribution < -0.4 is 11.2 Å². The predicted molar refractivity (Wildman–Crippen MR) is 43.1 cm³/mol. The highest BCUT2D eigenvalue weighted by Gasteiger charge is 2.21. The van der Waals surface area contributed by atoms with Gasteiger partial charge in [-0.25, -0.2) is 10.2 Å². The summed E-state index contributed by atoms with van der Waals surface area (Å²) in [6, 6.07) is -0.612. The van der Waals surface area contributed by atoms with E-state index in [4.69, 9.17) is 5.73 Å². The van der Waals surface area contributed by atoms with Crippen LogP contribution in [0.1, 0.15) is 12.8 Å². The molecular formula is C7H11N3O. The lowest BCUT2D eigenvalue weighted by Crippen LogP contribution is -2.30. The van der Waals surface area contributed by atoms with Gasteiger partial charge in [-0.05, 0) is 18.8 Å². The smallest absolute Gasteiger partial charge is 0.332 e. The van der Waals surface area contributed by atoms with Crippen LogP contribution in [-0.4, -0.2) is 11.7 Å². The quantitative estimate of drug-likeness (QED) is 0.443. The van der Waals surface area contributed by atoms with Gasteiger partial charge < -0.3 is 5.73 Å². The van der Waals surface area contributed by atoms with Gasteiger partial charge in [0.25, 0.3) is 0 Å². The molecule has 0 saturated heterocycles. The van der Waals surface area contributed by atoms with E-state index in [9.17, 15) is 4.79 Å². The zero-order valence-electron chi connectivity index (χ0n) is 6.21. The Morgan fingerprint density at radius 2 is 2.45 bits per heavy atom. The second-order valence-electron chi connectivity index (χ2n) is 2.56. The van der Waals surface area contributed by atoms with Crippen LogP contribution in [0.5, 0.6) is 0 Å². The van der Waals surface area contributed by atoms with Gasteiger partial charge in [0.05, 0.1) is 0 Å². The van der Waals surface area contributed by atoms with Crippen LogP contribution in [0.3, 0.4) is 0 Å². The molecule has 0 unspecified atom stereocenters. The molecule has 4 nitrogen and oxygen atoms in total. The van der Waals surface area contributed by atoms with Crippen molar-refractivity contribution >= 4 is 11.7 Å². The van der Waals surface area contributed by atoms with Gasteiger partial charge in [-0.15, -0.1) is 6.58 Å². The zero-order valence-corrected chi connectivity index (χ0v) is 6.21. The van der Waals surface area contributed by atoms with E-state index in [1.807, 2.05) is 6.08 Å². The van der Waals surface area contributed by atoms with Crippen LogP contribution in [-0.2, 0) is 0 Å². The van der Waals surface area contributed by atoms with Gasteiger partial charge in [0, 0.05) is 5.71 Å². The average molecular weight is 153 g/mol. The van der Waals surface area contributed by atoms with Crippen LogP contribution in [0, 0.1) is 5.92 Å². The molecule has 60 valence electrons. The first-order valence-corrected chi connectivity index (χ1v) is 3.46. The lowest BCUT2D eigenvalue weighted by Gasteiger charge is -2.23. The number of carbonyl (C=O) groups excluding carboxylic acids is 1. The molecule has 0 aromatic rings. The minimum atomic E-state index is -0.612. The van der Waals surface area contributed by atoms with Crippen molar-refractivity contribution in [3.63, 3.8) is 0 Å². The number of hydrogen-bond acceptors (Lipinski definition) is 2. The van der Waals surface area contributed by atoms with E-state index in [0.717, 1.165) is 18.6 Å². The number of allylic oxidation sites excluding steroid dienone is 1. The molecular weight excluding hydrogens is 142 g/mol. The number of carbonyl (C=O) groups is 1. The molecule has 1 fully saturated rings. The molecule has 3 N–H and O–H groups in total. The monoisotopic (exact) mass is 153 g/mol. The van der Waals surface area contributed by atoms with Gasteiger partial charge in [-0.1, -0.05) is 6.08 Å². The molecule has 0 aliphatic heterocycles. The number of nitrogens with zero attached hydrogens (tertiary/aromatic N) is 1. The molecule has 0 atom stereocenters. The third-order valence-electron chi connectivity index (χ3n) is 1.65. The fraction of sp³-hybridized carbons (Fsp3) is 0.429. The van der Waals surface area contributed by atoms with Crippen molar-refractivity contribution < 1.29 is 4.79 Å². The Bertz CT molecular complexity index is 202. The molecule has 0 radical (unpaired) electrons. The Labute approximate surface area is 65.2 Å². The highest BCUT2D eigenvalue weighted by molar-refractivity contribution is 5.91.